The highest BCUT2D eigenvalue weighted by atomic mass is 16.3. The first-order valence-corrected chi connectivity index (χ1v) is 5.24. The average molecular weight is 226 g/mol. The Kier molecular flexibility index (Phi) is 2.22. The Balaban J connectivity index is 2.06. The predicted molar refractivity (Wildman–Crippen MR) is 62.6 cm³/mol. The van der Waals surface area contributed by atoms with E-state index < -0.39 is 0 Å². The van der Waals surface area contributed by atoms with Crippen molar-refractivity contribution in [1.82, 2.24) is 19.9 Å². The van der Waals surface area contributed by atoms with Gasteiger partial charge in [0.25, 0.3) is 0 Å². The van der Waals surface area contributed by atoms with Gasteiger partial charge >= 0.3 is 0 Å². The fourth-order valence-corrected chi connectivity index (χ4v) is 1.79. The zero-order valence-corrected chi connectivity index (χ0v) is 8.96. The van der Waals surface area contributed by atoms with Gasteiger partial charge in [0, 0.05) is 6.42 Å². The molecule has 2 N–H and O–H groups in total. The molecule has 2 heterocycles. The quantitative estimate of drug-likeness (QED) is 0.696. The van der Waals surface area contributed by atoms with Gasteiger partial charge in [0.15, 0.2) is 5.65 Å². The number of imidazole rings is 1. The van der Waals surface area contributed by atoms with E-state index in [1.807, 2.05) is 12.1 Å². The largest absolute Gasteiger partial charge is 0.508 e. The molecule has 0 fully saturated rings. The normalized spacial score (nSPS) is 10.8. The van der Waals surface area contributed by atoms with E-state index in [9.17, 15) is 5.11 Å². The zero-order chi connectivity index (χ0) is 11.7. The fourth-order valence-electron chi connectivity index (χ4n) is 1.79. The first-order valence-electron chi connectivity index (χ1n) is 5.24. The smallest absolute Gasteiger partial charge is 0.180 e. The molecule has 2 aromatic heterocycles. The number of hydrogen-bond acceptors (Lipinski definition) is 4. The molecule has 5 heteroatoms. The third-order valence-electron chi connectivity index (χ3n) is 2.65. The van der Waals surface area contributed by atoms with Gasteiger partial charge in [-0.25, -0.2) is 15.0 Å². The van der Waals surface area contributed by atoms with Crippen LogP contribution >= 0.6 is 0 Å². The zero-order valence-electron chi connectivity index (χ0n) is 8.96. The number of fused-ring (bicyclic) bond motifs is 1. The first kappa shape index (κ1) is 9.77. The standard InChI is InChI=1S/C12H10N4O/c17-10-4-2-1-3-8(10)5-9-11-12(15-6-13-9)16-7-14-11/h1-4,6-7,17H,5H2,(H,13,14,15,16). The third kappa shape index (κ3) is 1.71. The molecule has 0 amide bonds. The molecule has 5 nitrogen and oxygen atoms in total. The number of aromatic nitrogens is 4. The van der Waals surface area contributed by atoms with Crippen LogP contribution in [0, 0.1) is 0 Å². The van der Waals surface area contributed by atoms with Crippen LogP contribution in [0.2, 0.25) is 0 Å². The highest BCUT2D eigenvalue weighted by Gasteiger charge is 2.08. The van der Waals surface area contributed by atoms with E-state index in [1.54, 1.807) is 18.5 Å². The van der Waals surface area contributed by atoms with Crippen molar-refractivity contribution in [1.29, 1.82) is 0 Å². The molecule has 0 unspecified atom stereocenters. The molecule has 0 aliphatic carbocycles. The molecule has 0 bridgehead atoms. The predicted octanol–water partition coefficient (Wildman–Crippen LogP) is 1.65. The molecular weight excluding hydrogens is 216 g/mol. The Morgan fingerprint density at radius 1 is 1.12 bits per heavy atom. The number of aromatic amines is 1. The number of para-hydroxylation sites is 1. The maximum atomic E-state index is 9.73. The Labute approximate surface area is 97.2 Å². The maximum absolute atomic E-state index is 9.73. The Bertz CT molecular complexity index is 662. The fraction of sp³-hybridized carbons (Fsp3) is 0.0833. The molecule has 0 spiro atoms. The van der Waals surface area contributed by atoms with Crippen LogP contribution in [-0.2, 0) is 6.42 Å². The second-order valence-electron chi connectivity index (χ2n) is 3.73. The van der Waals surface area contributed by atoms with Gasteiger partial charge < -0.3 is 10.1 Å². The minimum Gasteiger partial charge on any atom is -0.508 e. The van der Waals surface area contributed by atoms with Crippen molar-refractivity contribution < 1.29 is 5.11 Å². The van der Waals surface area contributed by atoms with Crippen LogP contribution in [0.25, 0.3) is 11.2 Å². The maximum Gasteiger partial charge on any atom is 0.180 e. The number of nitrogens with one attached hydrogen (secondary N) is 1. The Hall–Kier alpha value is -2.43. The van der Waals surface area contributed by atoms with Crippen molar-refractivity contribution in [2.24, 2.45) is 0 Å². The van der Waals surface area contributed by atoms with Crippen LogP contribution in [0.4, 0.5) is 0 Å². The van der Waals surface area contributed by atoms with Gasteiger partial charge in [-0.3, -0.25) is 0 Å². The molecule has 0 saturated carbocycles. The molecule has 0 aliphatic heterocycles. The second kappa shape index (κ2) is 3.86. The van der Waals surface area contributed by atoms with E-state index in [2.05, 4.69) is 19.9 Å². The molecule has 17 heavy (non-hydrogen) atoms. The van der Waals surface area contributed by atoms with Crippen molar-refractivity contribution in [2.75, 3.05) is 0 Å². The summed E-state index contributed by atoms with van der Waals surface area (Å²) in [6.45, 7) is 0. The van der Waals surface area contributed by atoms with Crippen molar-refractivity contribution in [2.45, 2.75) is 6.42 Å². The van der Waals surface area contributed by atoms with Gasteiger partial charge in [-0.05, 0) is 11.6 Å². The van der Waals surface area contributed by atoms with Crippen molar-refractivity contribution in [3.63, 3.8) is 0 Å². The lowest BCUT2D eigenvalue weighted by Gasteiger charge is -2.03. The van der Waals surface area contributed by atoms with Crippen molar-refractivity contribution in [3.05, 3.63) is 48.2 Å². The van der Waals surface area contributed by atoms with Gasteiger partial charge in [0.05, 0.1) is 12.0 Å². The van der Waals surface area contributed by atoms with E-state index in [-0.39, 0.29) is 5.75 Å². The van der Waals surface area contributed by atoms with Gasteiger partial charge in [0.1, 0.15) is 17.6 Å². The molecule has 0 radical (unpaired) electrons. The summed E-state index contributed by atoms with van der Waals surface area (Å²) in [5.41, 5.74) is 3.12. The van der Waals surface area contributed by atoms with Crippen LogP contribution in [0.1, 0.15) is 11.3 Å². The monoisotopic (exact) mass is 226 g/mol. The van der Waals surface area contributed by atoms with Crippen LogP contribution < -0.4 is 0 Å². The molecule has 3 aromatic rings. The topological polar surface area (TPSA) is 74.7 Å². The summed E-state index contributed by atoms with van der Waals surface area (Å²) in [6, 6.07) is 7.23. The van der Waals surface area contributed by atoms with E-state index in [1.165, 1.54) is 6.33 Å². The lowest BCUT2D eigenvalue weighted by atomic mass is 10.1. The molecular formula is C12H10N4O. The summed E-state index contributed by atoms with van der Waals surface area (Å²) >= 11 is 0. The van der Waals surface area contributed by atoms with E-state index in [0.29, 0.717) is 12.1 Å². The summed E-state index contributed by atoms with van der Waals surface area (Å²) in [6.07, 6.45) is 3.63. The second-order valence-corrected chi connectivity index (χ2v) is 3.73. The first-order chi connectivity index (χ1) is 8.34. The van der Waals surface area contributed by atoms with Crippen molar-refractivity contribution in [3.8, 4) is 5.75 Å². The number of phenols is 1. The highest BCUT2D eigenvalue weighted by Crippen LogP contribution is 2.21. The molecule has 1 aromatic carbocycles. The molecule has 3 rings (SSSR count). The summed E-state index contributed by atoms with van der Waals surface area (Å²) in [5.74, 6) is 0.277. The number of aromatic hydroxyl groups is 1. The molecule has 0 saturated heterocycles. The van der Waals surface area contributed by atoms with Crippen LogP contribution in [-0.4, -0.2) is 25.0 Å². The van der Waals surface area contributed by atoms with Crippen LogP contribution in [0.3, 0.4) is 0 Å². The molecule has 84 valence electrons. The SMILES string of the molecule is Oc1ccccc1Cc1ncnc2nc[nH]c12. The Morgan fingerprint density at radius 3 is 2.88 bits per heavy atom. The molecule has 0 atom stereocenters. The summed E-state index contributed by atoms with van der Waals surface area (Å²) < 4.78 is 0. The number of nitrogens with zero attached hydrogens (tertiary/aromatic N) is 3. The summed E-state index contributed by atoms with van der Waals surface area (Å²) in [4.78, 5) is 15.4. The minimum atomic E-state index is 0.277. The average Bonchev–Trinajstić information content (AvgIpc) is 2.81. The van der Waals surface area contributed by atoms with E-state index in [4.69, 9.17) is 0 Å². The van der Waals surface area contributed by atoms with Crippen LogP contribution in [0.5, 0.6) is 5.75 Å². The number of rotatable bonds is 2. The lowest BCUT2D eigenvalue weighted by molar-refractivity contribution is 0.469. The van der Waals surface area contributed by atoms with E-state index >= 15 is 0 Å². The van der Waals surface area contributed by atoms with Crippen LogP contribution in [0.15, 0.2) is 36.9 Å². The van der Waals surface area contributed by atoms with E-state index in [0.717, 1.165) is 16.8 Å². The van der Waals surface area contributed by atoms with Gasteiger partial charge in [-0.15, -0.1) is 0 Å². The number of benzene rings is 1. The number of phenolic OH excluding ortho intramolecular Hbond substituents is 1. The Morgan fingerprint density at radius 2 is 2.00 bits per heavy atom. The summed E-state index contributed by atoms with van der Waals surface area (Å²) in [5, 5.41) is 9.73. The number of H-pyrrole nitrogens is 1. The van der Waals surface area contributed by atoms with Gasteiger partial charge in [-0.2, -0.15) is 0 Å². The minimum absolute atomic E-state index is 0.277. The lowest BCUT2D eigenvalue weighted by Crippen LogP contribution is -1.95. The van der Waals surface area contributed by atoms with Gasteiger partial charge in [0.2, 0.25) is 0 Å². The number of hydrogen-bond donors (Lipinski definition) is 2. The highest BCUT2D eigenvalue weighted by molar-refractivity contribution is 5.72. The molecule has 0 aliphatic rings. The van der Waals surface area contributed by atoms with Crippen molar-refractivity contribution >= 4 is 11.2 Å². The summed E-state index contributed by atoms with van der Waals surface area (Å²) in [7, 11) is 0. The third-order valence-corrected chi connectivity index (χ3v) is 2.65. The van der Waals surface area contributed by atoms with Gasteiger partial charge in [-0.1, -0.05) is 18.2 Å².